The summed E-state index contributed by atoms with van der Waals surface area (Å²) in [4.78, 5) is 3.51. The van der Waals surface area contributed by atoms with E-state index in [-0.39, 0.29) is 12.4 Å². The lowest BCUT2D eigenvalue weighted by molar-refractivity contribution is -0.125. The number of aromatic nitrogens is 2. The van der Waals surface area contributed by atoms with Crippen molar-refractivity contribution in [3.05, 3.63) is 18.2 Å². The Morgan fingerprint density at radius 2 is 2.07 bits per heavy atom. The second-order valence-electron chi connectivity index (χ2n) is 2.75. The van der Waals surface area contributed by atoms with Crippen molar-refractivity contribution < 1.29 is 22.0 Å². The van der Waals surface area contributed by atoms with Crippen LogP contribution in [-0.4, -0.2) is 22.3 Å². The van der Waals surface area contributed by atoms with E-state index in [4.69, 9.17) is 0 Å². The molecule has 0 aromatic carbocycles. The first-order chi connectivity index (χ1) is 6.90. The van der Waals surface area contributed by atoms with E-state index in [1.54, 1.807) is 0 Å². The molecule has 1 aromatic heterocycles. The van der Waals surface area contributed by atoms with Crippen LogP contribution in [0.1, 0.15) is 12.4 Å². The molecule has 8 heteroatoms. The van der Waals surface area contributed by atoms with Crippen LogP contribution in [0.5, 0.6) is 0 Å². The van der Waals surface area contributed by atoms with Crippen LogP contribution in [0.2, 0.25) is 0 Å². The van der Waals surface area contributed by atoms with Crippen LogP contribution in [0.15, 0.2) is 12.4 Å². The molecule has 0 unspecified atom stereocenters. The van der Waals surface area contributed by atoms with Gasteiger partial charge in [0.2, 0.25) is 0 Å². The minimum atomic E-state index is -4.36. The van der Waals surface area contributed by atoms with Gasteiger partial charge in [-0.1, -0.05) is 0 Å². The van der Waals surface area contributed by atoms with Crippen molar-refractivity contribution in [1.82, 2.24) is 14.9 Å². The Kier molecular flexibility index (Phi) is 3.61. The molecule has 0 saturated carbocycles. The van der Waals surface area contributed by atoms with Crippen molar-refractivity contribution in [1.29, 1.82) is 0 Å². The molecule has 15 heavy (non-hydrogen) atoms. The predicted octanol–water partition coefficient (Wildman–Crippen LogP) is 1.93. The summed E-state index contributed by atoms with van der Waals surface area (Å²) in [6.07, 6.45) is -2.24. The molecule has 0 fully saturated rings. The second-order valence-corrected chi connectivity index (χ2v) is 2.75. The molecule has 1 rings (SSSR count). The number of nitrogens with zero attached hydrogens (tertiary/aromatic N) is 2. The van der Waals surface area contributed by atoms with Gasteiger partial charge in [0.1, 0.15) is 5.82 Å². The maximum absolute atomic E-state index is 12.2. The zero-order chi connectivity index (χ0) is 11.5. The molecule has 0 spiro atoms. The van der Waals surface area contributed by atoms with Gasteiger partial charge in [-0.15, -0.1) is 0 Å². The van der Waals surface area contributed by atoms with Gasteiger partial charge in [0.25, 0.3) is 0 Å². The lowest BCUT2D eigenvalue weighted by Crippen LogP contribution is -2.29. The van der Waals surface area contributed by atoms with Crippen LogP contribution in [0, 0.1) is 0 Å². The molecular weight excluding hydrogens is 221 g/mol. The van der Waals surface area contributed by atoms with E-state index in [0.717, 1.165) is 12.4 Å². The molecule has 0 amide bonds. The summed E-state index contributed by atoms with van der Waals surface area (Å²) < 4.78 is 60.0. The molecular formula is C7H8F5N3. The molecule has 0 aliphatic heterocycles. The van der Waals surface area contributed by atoms with Gasteiger partial charge in [-0.2, -0.15) is 22.0 Å². The second kappa shape index (κ2) is 4.56. The van der Waals surface area contributed by atoms with Gasteiger partial charge in [-0.25, -0.2) is 4.98 Å². The third kappa shape index (κ3) is 3.82. The number of alkyl halides is 5. The maximum atomic E-state index is 12.2. The third-order valence-electron chi connectivity index (χ3n) is 1.57. The zero-order valence-electron chi connectivity index (χ0n) is 7.43. The van der Waals surface area contributed by atoms with E-state index in [9.17, 15) is 22.0 Å². The average molecular weight is 229 g/mol. The monoisotopic (exact) mass is 229 g/mol. The predicted molar refractivity (Wildman–Crippen MR) is 41.2 cm³/mol. The first-order valence-electron chi connectivity index (χ1n) is 3.97. The van der Waals surface area contributed by atoms with Gasteiger partial charge >= 0.3 is 12.7 Å². The lowest BCUT2D eigenvalue weighted by Gasteiger charge is -2.09. The number of halogens is 5. The molecule has 0 atom stereocenters. The summed E-state index contributed by atoms with van der Waals surface area (Å²) in [5.41, 5.74) is 0. The molecule has 0 radical (unpaired) electrons. The van der Waals surface area contributed by atoms with Crippen molar-refractivity contribution >= 4 is 0 Å². The standard InChI is InChI=1S/C7H8F5N3/c8-6(9)15-2-1-14-5(15)3-13-4-7(10,11)12/h1-2,6,13H,3-4H2. The van der Waals surface area contributed by atoms with Crippen LogP contribution in [0.3, 0.4) is 0 Å². The van der Waals surface area contributed by atoms with Crippen LogP contribution >= 0.6 is 0 Å². The first kappa shape index (κ1) is 11.9. The molecule has 0 aliphatic rings. The number of nitrogens with one attached hydrogen (secondary N) is 1. The number of hydrogen-bond acceptors (Lipinski definition) is 2. The van der Waals surface area contributed by atoms with E-state index in [0.29, 0.717) is 4.57 Å². The molecule has 0 saturated heterocycles. The number of rotatable bonds is 4. The van der Waals surface area contributed by atoms with Gasteiger partial charge in [0.05, 0.1) is 13.1 Å². The molecule has 1 N–H and O–H groups in total. The molecule has 1 aromatic rings. The number of hydrogen-bond donors (Lipinski definition) is 1. The first-order valence-corrected chi connectivity index (χ1v) is 3.97. The van der Waals surface area contributed by atoms with E-state index in [1.807, 2.05) is 5.32 Å². The highest BCUT2D eigenvalue weighted by molar-refractivity contribution is 4.92. The topological polar surface area (TPSA) is 29.9 Å². The van der Waals surface area contributed by atoms with E-state index >= 15 is 0 Å². The largest absolute Gasteiger partial charge is 0.401 e. The van der Waals surface area contributed by atoms with E-state index in [1.165, 1.54) is 0 Å². The van der Waals surface area contributed by atoms with Crippen molar-refractivity contribution in [3.8, 4) is 0 Å². The summed E-state index contributed by atoms with van der Waals surface area (Å²) in [6, 6.07) is 0. The maximum Gasteiger partial charge on any atom is 0.401 e. The summed E-state index contributed by atoms with van der Waals surface area (Å²) in [7, 11) is 0. The Balaban J connectivity index is 2.47. The molecule has 0 aliphatic carbocycles. The summed E-state index contributed by atoms with van der Waals surface area (Å²) in [5, 5.41) is 1.98. The van der Waals surface area contributed by atoms with Crippen molar-refractivity contribution in [3.63, 3.8) is 0 Å². The average Bonchev–Trinajstić information content (AvgIpc) is 2.49. The molecule has 0 bridgehead atoms. The van der Waals surface area contributed by atoms with Gasteiger partial charge < -0.3 is 5.32 Å². The normalized spacial score (nSPS) is 12.4. The Morgan fingerprint density at radius 3 is 2.60 bits per heavy atom. The fraction of sp³-hybridized carbons (Fsp3) is 0.571. The Bertz CT molecular complexity index is 306. The Hall–Kier alpha value is -1.18. The Morgan fingerprint density at radius 1 is 1.40 bits per heavy atom. The molecule has 1 heterocycles. The highest BCUT2D eigenvalue weighted by Gasteiger charge is 2.26. The smallest absolute Gasteiger partial charge is 0.302 e. The zero-order valence-corrected chi connectivity index (χ0v) is 7.43. The van der Waals surface area contributed by atoms with E-state index < -0.39 is 19.3 Å². The van der Waals surface area contributed by atoms with Gasteiger partial charge in [-0.05, 0) is 0 Å². The highest BCUT2D eigenvalue weighted by Crippen LogP contribution is 2.14. The highest BCUT2D eigenvalue weighted by atomic mass is 19.4. The van der Waals surface area contributed by atoms with Gasteiger partial charge in [0.15, 0.2) is 0 Å². The minimum absolute atomic E-state index is 0.130. The fourth-order valence-corrected chi connectivity index (χ4v) is 0.975. The van der Waals surface area contributed by atoms with Crippen LogP contribution in [0.4, 0.5) is 22.0 Å². The summed E-state index contributed by atoms with van der Waals surface area (Å²) in [5.74, 6) is -0.130. The lowest BCUT2D eigenvalue weighted by atomic mass is 10.5. The summed E-state index contributed by atoms with van der Waals surface area (Å²) in [6.45, 7) is -4.38. The summed E-state index contributed by atoms with van der Waals surface area (Å²) >= 11 is 0. The Labute approximate surface area is 81.9 Å². The van der Waals surface area contributed by atoms with Gasteiger partial charge in [0, 0.05) is 12.4 Å². The van der Waals surface area contributed by atoms with Crippen LogP contribution in [-0.2, 0) is 6.54 Å². The third-order valence-corrected chi connectivity index (χ3v) is 1.57. The molecule has 86 valence electrons. The SMILES string of the molecule is FC(F)n1ccnc1CNCC(F)(F)F. The van der Waals surface area contributed by atoms with Crippen molar-refractivity contribution in [2.45, 2.75) is 19.3 Å². The van der Waals surface area contributed by atoms with Gasteiger partial charge in [-0.3, -0.25) is 4.57 Å². The fourth-order valence-electron chi connectivity index (χ4n) is 0.975. The van der Waals surface area contributed by atoms with Crippen LogP contribution < -0.4 is 5.32 Å². The van der Waals surface area contributed by atoms with E-state index in [2.05, 4.69) is 4.98 Å². The molecule has 3 nitrogen and oxygen atoms in total. The van der Waals surface area contributed by atoms with Crippen LogP contribution in [0.25, 0.3) is 0 Å². The van der Waals surface area contributed by atoms with Crippen molar-refractivity contribution in [2.75, 3.05) is 6.54 Å². The minimum Gasteiger partial charge on any atom is -0.302 e. The quantitative estimate of drug-likeness (QED) is 0.799. The number of imidazole rings is 1. The van der Waals surface area contributed by atoms with Crippen molar-refractivity contribution in [2.24, 2.45) is 0 Å².